The summed E-state index contributed by atoms with van der Waals surface area (Å²) in [6.45, 7) is 1.91. The highest BCUT2D eigenvalue weighted by molar-refractivity contribution is 9.10. The Morgan fingerprint density at radius 1 is 1.61 bits per heavy atom. The lowest BCUT2D eigenvalue weighted by molar-refractivity contribution is -0.385. The van der Waals surface area contributed by atoms with Crippen LogP contribution in [-0.2, 0) is 0 Å². The molecule has 2 aromatic rings. The van der Waals surface area contributed by atoms with E-state index in [-0.39, 0.29) is 11.7 Å². The Hall–Kier alpha value is -1.89. The number of aromatic nitrogens is 1. The van der Waals surface area contributed by atoms with E-state index in [4.69, 9.17) is 4.42 Å². The van der Waals surface area contributed by atoms with Gasteiger partial charge in [0.25, 0.3) is 5.69 Å². The van der Waals surface area contributed by atoms with Crippen LogP contribution >= 0.6 is 15.9 Å². The first-order chi connectivity index (χ1) is 8.58. The first-order valence-electron chi connectivity index (χ1n) is 5.18. The lowest BCUT2D eigenvalue weighted by atomic mass is 10.2. The molecule has 1 unspecified atom stereocenters. The SMILES string of the molecule is CC(Nc1ncc([N+](=O)[O-])cc1Br)c1ccco1. The molecular weight excluding hydrogens is 302 g/mol. The quantitative estimate of drug-likeness (QED) is 0.690. The maximum absolute atomic E-state index is 10.6. The van der Waals surface area contributed by atoms with Gasteiger partial charge in [-0.15, -0.1) is 0 Å². The van der Waals surface area contributed by atoms with Crippen molar-refractivity contribution in [2.24, 2.45) is 0 Å². The summed E-state index contributed by atoms with van der Waals surface area (Å²) >= 11 is 3.25. The number of rotatable bonds is 4. The molecule has 0 aromatic carbocycles. The van der Waals surface area contributed by atoms with Crippen molar-refractivity contribution < 1.29 is 9.34 Å². The van der Waals surface area contributed by atoms with Crippen molar-refractivity contribution in [3.63, 3.8) is 0 Å². The average Bonchev–Trinajstić information content (AvgIpc) is 2.85. The lowest BCUT2D eigenvalue weighted by Crippen LogP contribution is -2.07. The highest BCUT2D eigenvalue weighted by atomic mass is 79.9. The van der Waals surface area contributed by atoms with Gasteiger partial charge in [-0.05, 0) is 35.0 Å². The summed E-state index contributed by atoms with van der Waals surface area (Å²) in [6.07, 6.45) is 2.80. The van der Waals surface area contributed by atoms with Gasteiger partial charge in [0.2, 0.25) is 0 Å². The zero-order valence-corrected chi connectivity index (χ0v) is 11.0. The van der Waals surface area contributed by atoms with Crippen LogP contribution in [0.3, 0.4) is 0 Å². The van der Waals surface area contributed by atoms with Crippen molar-refractivity contribution in [1.82, 2.24) is 4.98 Å². The largest absolute Gasteiger partial charge is 0.467 e. The Morgan fingerprint density at radius 2 is 2.39 bits per heavy atom. The van der Waals surface area contributed by atoms with Gasteiger partial charge in [-0.2, -0.15) is 0 Å². The molecule has 1 N–H and O–H groups in total. The Labute approximate surface area is 111 Å². The Balaban J connectivity index is 2.17. The summed E-state index contributed by atoms with van der Waals surface area (Å²) in [5.41, 5.74) is -0.0573. The van der Waals surface area contributed by atoms with E-state index in [1.807, 2.05) is 13.0 Å². The van der Waals surface area contributed by atoms with Gasteiger partial charge in [-0.25, -0.2) is 4.98 Å². The summed E-state index contributed by atoms with van der Waals surface area (Å²) in [6, 6.07) is 4.97. The predicted octanol–water partition coefficient (Wildman–Crippen LogP) is 3.52. The normalized spacial score (nSPS) is 12.1. The summed E-state index contributed by atoms with van der Waals surface area (Å²) in [5, 5.41) is 13.7. The first-order valence-corrected chi connectivity index (χ1v) is 5.97. The fourth-order valence-corrected chi connectivity index (χ4v) is 1.90. The van der Waals surface area contributed by atoms with Gasteiger partial charge >= 0.3 is 0 Å². The standard InChI is InChI=1S/C11H10BrN3O3/c1-7(10-3-2-4-18-10)14-11-9(12)5-8(6-13-11)15(16)17/h2-7H,1H3,(H,13,14). The second-order valence-corrected chi connectivity index (χ2v) is 4.52. The fourth-order valence-electron chi connectivity index (χ4n) is 1.45. The minimum atomic E-state index is -0.489. The third kappa shape index (κ3) is 2.67. The molecule has 2 aromatic heterocycles. The fraction of sp³-hybridized carbons (Fsp3) is 0.182. The molecule has 0 spiro atoms. The second-order valence-electron chi connectivity index (χ2n) is 3.66. The smallest absolute Gasteiger partial charge is 0.288 e. The van der Waals surface area contributed by atoms with Crippen molar-refractivity contribution in [2.75, 3.05) is 5.32 Å². The molecule has 0 aliphatic heterocycles. The highest BCUT2D eigenvalue weighted by Gasteiger charge is 2.14. The Kier molecular flexibility index (Phi) is 3.61. The number of nitrogens with one attached hydrogen (secondary N) is 1. The monoisotopic (exact) mass is 311 g/mol. The van der Waals surface area contributed by atoms with Crippen molar-refractivity contribution in [1.29, 1.82) is 0 Å². The molecule has 0 aliphatic carbocycles. The topological polar surface area (TPSA) is 81.2 Å². The molecule has 0 saturated heterocycles. The Morgan fingerprint density at radius 3 is 2.94 bits per heavy atom. The average molecular weight is 312 g/mol. The zero-order chi connectivity index (χ0) is 13.1. The van der Waals surface area contributed by atoms with Crippen LogP contribution in [-0.4, -0.2) is 9.91 Å². The van der Waals surface area contributed by atoms with Gasteiger partial charge in [0.15, 0.2) is 0 Å². The van der Waals surface area contributed by atoms with Crippen LogP contribution < -0.4 is 5.32 Å². The summed E-state index contributed by atoms with van der Waals surface area (Å²) in [5.74, 6) is 1.30. The van der Waals surface area contributed by atoms with Crippen LogP contribution in [0.2, 0.25) is 0 Å². The van der Waals surface area contributed by atoms with Gasteiger partial charge in [0, 0.05) is 6.07 Å². The van der Waals surface area contributed by atoms with Crippen molar-refractivity contribution >= 4 is 27.4 Å². The number of nitrogens with zero attached hydrogens (tertiary/aromatic N) is 2. The van der Waals surface area contributed by atoms with E-state index in [1.165, 1.54) is 12.3 Å². The third-order valence-electron chi connectivity index (χ3n) is 2.36. The number of furan rings is 1. The molecule has 2 rings (SSSR count). The summed E-state index contributed by atoms with van der Waals surface area (Å²) in [4.78, 5) is 14.1. The number of hydrogen-bond donors (Lipinski definition) is 1. The molecule has 0 amide bonds. The summed E-state index contributed by atoms with van der Waals surface area (Å²) < 4.78 is 5.79. The minimum Gasteiger partial charge on any atom is -0.467 e. The number of hydrogen-bond acceptors (Lipinski definition) is 5. The highest BCUT2D eigenvalue weighted by Crippen LogP contribution is 2.27. The van der Waals surface area contributed by atoms with E-state index in [2.05, 4.69) is 26.2 Å². The maximum atomic E-state index is 10.6. The van der Waals surface area contributed by atoms with E-state index in [1.54, 1.807) is 12.3 Å². The van der Waals surface area contributed by atoms with Gasteiger partial charge in [-0.3, -0.25) is 10.1 Å². The van der Waals surface area contributed by atoms with E-state index in [0.717, 1.165) is 5.76 Å². The summed E-state index contributed by atoms with van der Waals surface area (Å²) in [7, 11) is 0. The Bertz CT molecular complexity index is 557. The molecule has 6 nitrogen and oxygen atoms in total. The van der Waals surface area contributed by atoms with Crippen LogP contribution in [0.25, 0.3) is 0 Å². The molecule has 94 valence electrons. The molecule has 0 saturated carbocycles. The van der Waals surface area contributed by atoms with E-state index in [0.29, 0.717) is 10.3 Å². The number of anilines is 1. The molecule has 0 bridgehead atoms. The molecule has 2 heterocycles. The van der Waals surface area contributed by atoms with E-state index >= 15 is 0 Å². The minimum absolute atomic E-state index is 0.0573. The molecule has 7 heteroatoms. The van der Waals surface area contributed by atoms with Crippen molar-refractivity contribution in [2.45, 2.75) is 13.0 Å². The molecule has 1 atom stereocenters. The molecule has 0 fully saturated rings. The number of nitro groups is 1. The van der Waals surface area contributed by atoms with Gasteiger partial charge < -0.3 is 9.73 Å². The predicted molar refractivity (Wildman–Crippen MR) is 69.3 cm³/mol. The van der Waals surface area contributed by atoms with Crippen molar-refractivity contribution in [3.8, 4) is 0 Å². The number of pyridine rings is 1. The zero-order valence-electron chi connectivity index (χ0n) is 9.46. The van der Waals surface area contributed by atoms with Crippen LogP contribution in [0, 0.1) is 10.1 Å². The molecule has 18 heavy (non-hydrogen) atoms. The second kappa shape index (κ2) is 5.18. The van der Waals surface area contributed by atoms with Gasteiger partial charge in [-0.1, -0.05) is 0 Å². The van der Waals surface area contributed by atoms with Crippen molar-refractivity contribution in [3.05, 3.63) is 51.0 Å². The molecule has 0 aliphatic rings. The van der Waals surface area contributed by atoms with Gasteiger partial charge in [0.05, 0.1) is 21.7 Å². The van der Waals surface area contributed by atoms with E-state index < -0.39 is 4.92 Å². The van der Waals surface area contributed by atoms with E-state index in [9.17, 15) is 10.1 Å². The van der Waals surface area contributed by atoms with Crippen LogP contribution in [0.15, 0.2) is 39.5 Å². The maximum Gasteiger partial charge on any atom is 0.288 e. The van der Waals surface area contributed by atoms with Crippen LogP contribution in [0.4, 0.5) is 11.5 Å². The van der Waals surface area contributed by atoms with Crippen LogP contribution in [0.1, 0.15) is 18.7 Å². The first kappa shape index (κ1) is 12.6. The van der Waals surface area contributed by atoms with Gasteiger partial charge in [0.1, 0.15) is 17.8 Å². The number of halogens is 1. The molecular formula is C11H10BrN3O3. The lowest BCUT2D eigenvalue weighted by Gasteiger charge is -2.12. The third-order valence-corrected chi connectivity index (χ3v) is 2.97. The molecule has 0 radical (unpaired) electrons. The van der Waals surface area contributed by atoms with Crippen LogP contribution in [0.5, 0.6) is 0 Å².